The Morgan fingerprint density at radius 1 is 0.811 bits per heavy atom. The lowest BCUT2D eigenvalue weighted by Gasteiger charge is -2.57. The molecule has 2 aromatic rings. The minimum atomic E-state index is -0.461. The van der Waals surface area contributed by atoms with Gasteiger partial charge in [0.05, 0.1) is 42.2 Å². The van der Waals surface area contributed by atoms with Crippen molar-refractivity contribution in [2.75, 3.05) is 57.7 Å². The maximum absolute atomic E-state index is 13.6. The number of rotatable bonds is 8. The van der Waals surface area contributed by atoms with Gasteiger partial charge in [-0.1, -0.05) is 54.1 Å². The van der Waals surface area contributed by atoms with Gasteiger partial charge in [0.2, 0.25) is 0 Å². The van der Waals surface area contributed by atoms with E-state index in [4.69, 9.17) is 9.47 Å². The molecule has 276 valence electrons. The fourth-order valence-corrected chi connectivity index (χ4v) is 13.1. The van der Waals surface area contributed by atoms with Crippen molar-refractivity contribution in [1.82, 2.24) is 9.80 Å². The molecular formula is C43H48N4O6. The summed E-state index contributed by atoms with van der Waals surface area (Å²) in [6, 6.07) is 17.1. The Labute approximate surface area is 310 Å². The summed E-state index contributed by atoms with van der Waals surface area (Å²) in [4.78, 5) is 32.4. The zero-order valence-corrected chi connectivity index (χ0v) is 30.5. The first kappa shape index (κ1) is 33.2. The van der Waals surface area contributed by atoms with E-state index in [9.17, 15) is 19.8 Å². The van der Waals surface area contributed by atoms with Gasteiger partial charge in [0, 0.05) is 84.6 Å². The molecule has 8 aliphatic rings. The van der Waals surface area contributed by atoms with E-state index in [-0.39, 0.29) is 48.1 Å². The normalized spacial score (nSPS) is 34.2. The number of methoxy groups -OCH3 is 2. The van der Waals surface area contributed by atoms with E-state index in [0.29, 0.717) is 36.8 Å². The highest BCUT2D eigenvalue weighted by Crippen LogP contribution is 2.67. The average molecular weight is 717 g/mol. The van der Waals surface area contributed by atoms with Gasteiger partial charge in [-0.3, -0.25) is 4.90 Å². The number of aliphatic hydroxyl groups is 2. The third kappa shape index (κ3) is 4.15. The number of ether oxygens (including phenoxy) is 2. The highest BCUT2D eigenvalue weighted by atomic mass is 16.5. The van der Waals surface area contributed by atoms with Crippen LogP contribution in [-0.4, -0.2) is 91.1 Å². The lowest BCUT2D eigenvalue weighted by Crippen LogP contribution is -2.60. The van der Waals surface area contributed by atoms with Crippen LogP contribution in [0.2, 0.25) is 0 Å². The number of anilines is 2. The van der Waals surface area contributed by atoms with Crippen molar-refractivity contribution >= 4 is 23.3 Å². The summed E-state index contributed by atoms with van der Waals surface area (Å²) in [6.07, 6.45) is 10.3. The number of para-hydroxylation sites is 2. The molecule has 6 aliphatic heterocycles. The lowest BCUT2D eigenvalue weighted by atomic mass is 9.53. The summed E-state index contributed by atoms with van der Waals surface area (Å²) < 4.78 is 10.8. The Hall–Kier alpha value is -4.38. The average Bonchev–Trinajstić information content (AvgIpc) is 3.94. The first-order valence-corrected chi connectivity index (χ1v) is 19.3. The molecule has 10 rings (SSSR count). The molecule has 2 aromatic carbocycles. The number of benzene rings is 2. The van der Waals surface area contributed by atoms with Crippen molar-refractivity contribution in [3.63, 3.8) is 0 Å². The van der Waals surface area contributed by atoms with E-state index >= 15 is 0 Å². The number of hydrogen-bond donors (Lipinski definition) is 4. The molecule has 0 saturated carbocycles. The maximum atomic E-state index is 13.6. The quantitative estimate of drug-likeness (QED) is 0.222. The monoisotopic (exact) mass is 716 g/mol. The van der Waals surface area contributed by atoms with Crippen LogP contribution in [-0.2, 0) is 29.9 Å². The molecule has 0 amide bonds. The summed E-state index contributed by atoms with van der Waals surface area (Å²) in [5, 5.41) is 28.7. The van der Waals surface area contributed by atoms with Gasteiger partial charge in [-0.25, -0.2) is 9.59 Å². The molecule has 0 aromatic heterocycles. The fraction of sp³-hybridized carbons (Fsp3) is 0.488. The smallest absolute Gasteiger partial charge is 0.335 e. The number of nitrogens with zero attached hydrogens (tertiary/aromatic N) is 2. The molecule has 6 heterocycles. The Kier molecular flexibility index (Phi) is 7.24. The van der Waals surface area contributed by atoms with Crippen LogP contribution in [0.25, 0.3) is 0 Å². The molecule has 6 atom stereocenters. The molecule has 2 spiro atoms. The fourth-order valence-electron chi connectivity index (χ4n) is 13.1. The molecule has 2 aliphatic carbocycles. The summed E-state index contributed by atoms with van der Waals surface area (Å²) in [7, 11) is 2.93. The van der Waals surface area contributed by atoms with Crippen LogP contribution in [0.4, 0.5) is 11.4 Å². The van der Waals surface area contributed by atoms with Crippen molar-refractivity contribution in [2.45, 2.75) is 74.3 Å². The van der Waals surface area contributed by atoms with Gasteiger partial charge in [-0.05, 0) is 68.2 Å². The first-order valence-electron chi connectivity index (χ1n) is 19.3. The number of nitrogens with one attached hydrogen (secondary N) is 2. The highest BCUT2D eigenvalue weighted by molar-refractivity contribution is 5.94. The summed E-state index contributed by atoms with van der Waals surface area (Å²) in [5.41, 5.74) is 8.92. The predicted octanol–water partition coefficient (Wildman–Crippen LogP) is 4.88. The number of aliphatic hydroxyl groups excluding tert-OH is 2. The molecule has 2 fully saturated rings. The molecule has 0 radical (unpaired) electrons. The van der Waals surface area contributed by atoms with Crippen LogP contribution in [0.1, 0.15) is 62.5 Å². The summed E-state index contributed by atoms with van der Waals surface area (Å²) in [5.74, 6) is -0.593. The number of carbonyl (C=O) groups excluding carboxylic acids is 2. The number of carbonyl (C=O) groups is 2. The SMILES string of the molecule is COC(=O)C1=C2Nc3ccccc3[C@@]23CCN2CC(CC4=CC[C@@]5(CCO)CC(C(=O)OC)=C6Nc7ccccc7[C@@]67CCN4[C@@H]57)=C[C@@](CCO)(C1)[C@H]23. The van der Waals surface area contributed by atoms with Gasteiger partial charge < -0.3 is 35.2 Å². The van der Waals surface area contributed by atoms with Crippen LogP contribution in [0.3, 0.4) is 0 Å². The maximum Gasteiger partial charge on any atom is 0.335 e. The van der Waals surface area contributed by atoms with Gasteiger partial charge in [-0.15, -0.1) is 0 Å². The third-order valence-corrected chi connectivity index (χ3v) is 14.6. The largest absolute Gasteiger partial charge is 0.466 e. The van der Waals surface area contributed by atoms with Gasteiger partial charge in [0.1, 0.15) is 0 Å². The molecule has 2 saturated heterocycles. The number of allylic oxidation sites excluding steroid dienone is 2. The van der Waals surface area contributed by atoms with Crippen LogP contribution in [0.15, 0.2) is 94.5 Å². The molecule has 53 heavy (non-hydrogen) atoms. The van der Waals surface area contributed by atoms with E-state index < -0.39 is 10.8 Å². The molecule has 0 bridgehead atoms. The zero-order chi connectivity index (χ0) is 36.3. The van der Waals surface area contributed by atoms with E-state index in [1.165, 1.54) is 36.6 Å². The Morgan fingerprint density at radius 2 is 1.42 bits per heavy atom. The topological polar surface area (TPSA) is 124 Å². The number of fused-ring (bicyclic) bond motifs is 2. The summed E-state index contributed by atoms with van der Waals surface area (Å²) >= 11 is 0. The minimum Gasteiger partial charge on any atom is -0.466 e. The second-order valence-corrected chi connectivity index (χ2v) is 16.7. The molecular weight excluding hydrogens is 668 g/mol. The number of hydrogen-bond acceptors (Lipinski definition) is 10. The van der Waals surface area contributed by atoms with Crippen LogP contribution < -0.4 is 10.6 Å². The van der Waals surface area contributed by atoms with Crippen molar-refractivity contribution in [2.24, 2.45) is 10.8 Å². The van der Waals surface area contributed by atoms with E-state index in [2.05, 4.69) is 69.0 Å². The van der Waals surface area contributed by atoms with Gasteiger partial charge >= 0.3 is 11.9 Å². The second-order valence-electron chi connectivity index (χ2n) is 16.7. The van der Waals surface area contributed by atoms with Crippen LogP contribution in [0.5, 0.6) is 0 Å². The number of esters is 2. The lowest BCUT2D eigenvalue weighted by molar-refractivity contribution is -0.138. The first-order chi connectivity index (χ1) is 25.8. The molecule has 4 N–H and O–H groups in total. The van der Waals surface area contributed by atoms with Gasteiger partial charge in [-0.2, -0.15) is 0 Å². The van der Waals surface area contributed by atoms with Crippen LogP contribution in [0, 0.1) is 10.8 Å². The van der Waals surface area contributed by atoms with Gasteiger partial charge in [0.15, 0.2) is 0 Å². The standard InChI is InChI=1S/C43H48N4O6/c1-52-36(50)28-23-40(15-19-48)12-11-27(47-18-14-43(39(40)47)31-8-4-6-10-33(31)45-35(28)43)21-26-22-41(16-20-49)24-29(37(51)53-2)34-42(13-17-46(25-26)38(41)42)30-7-3-5-9-32(30)44-34/h3-11,22,38-39,44-45,48-49H,12-21,23-25H2,1-2H3/t38-,39-,40+,41-,42-,43-/m0/s1. The van der Waals surface area contributed by atoms with E-state index in [1.54, 1.807) is 0 Å². The third-order valence-electron chi connectivity index (χ3n) is 14.6. The molecule has 10 heteroatoms. The van der Waals surface area contributed by atoms with Gasteiger partial charge in [0.25, 0.3) is 0 Å². The Bertz CT molecular complexity index is 2090. The Balaban J connectivity index is 1.07. The van der Waals surface area contributed by atoms with Crippen molar-refractivity contribution in [1.29, 1.82) is 0 Å². The predicted molar refractivity (Wildman–Crippen MR) is 200 cm³/mol. The molecule has 10 nitrogen and oxygen atoms in total. The van der Waals surface area contributed by atoms with Crippen molar-refractivity contribution in [3.8, 4) is 0 Å². The van der Waals surface area contributed by atoms with Crippen molar-refractivity contribution in [3.05, 3.63) is 106 Å². The van der Waals surface area contributed by atoms with Crippen molar-refractivity contribution < 1.29 is 29.3 Å². The van der Waals surface area contributed by atoms with Crippen LogP contribution >= 0.6 is 0 Å². The van der Waals surface area contributed by atoms with E-state index in [0.717, 1.165) is 68.1 Å². The highest BCUT2D eigenvalue weighted by Gasteiger charge is 2.68. The summed E-state index contributed by atoms with van der Waals surface area (Å²) in [6.45, 7) is 2.63. The molecule has 0 unspecified atom stereocenters. The minimum absolute atomic E-state index is 0.0240. The van der Waals surface area contributed by atoms with E-state index in [1.807, 2.05) is 12.1 Å². The second kappa shape index (κ2) is 11.6. The Morgan fingerprint density at radius 3 is 2.06 bits per heavy atom. The zero-order valence-electron chi connectivity index (χ0n) is 30.5.